The number of aliphatic hydroxyl groups is 4. The number of esters is 2. The predicted molar refractivity (Wildman–Crippen MR) is 250 cm³/mol. The number of cyclic esters (lactones) is 1. The van der Waals surface area contributed by atoms with Gasteiger partial charge in [0, 0.05) is 43.7 Å². The molecule has 384 valence electrons. The second-order valence-corrected chi connectivity index (χ2v) is 20.5. The quantitative estimate of drug-likeness (QED) is 0.100. The zero-order valence-corrected chi connectivity index (χ0v) is 42.7. The Morgan fingerprint density at radius 1 is 0.925 bits per heavy atom. The summed E-state index contributed by atoms with van der Waals surface area (Å²) in [5, 5.41) is 53.5. The summed E-state index contributed by atoms with van der Waals surface area (Å²) in [4.78, 5) is 35.2. The van der Waals surface area contributed by atoms with Gasteiger partial charge in [0.15, 0.2) is 18.7 Å². The molecule has 4 rings (SSSR count). The molecule has 1 aromatic carbocycles. The van der Waals surface area contributed by atoms with Crippen molar-refractivity contribution in [1.29, 1.82) is 0 Å². The normalized spacial score (nSPS) is 41.1. The van der Waals surface area contributed by atoms with Crippen molar-refractivity contribution >= 4 is 17.7 Å². The van der Waals surface area contributed by atoms with E-state index in [-0.39, 0.29) is 38.0 Å². The van der Waals surface area contributed by atoms with Crippen LogP contribution in [0.15, 0.2) is 35.5 Å². The molecule has 0 amide bonds. The molecule has 3 aliphatic rings. The molecule has 67 heavy (non-hydrogen) atoms. The maximum absolute atomic E-state index is 14.6. The van der Waals surface area contributed by atoms with Crippen LogP contribution in [-0.2, 0) is 47.6 Å². The number of ether oxygens (including phenoxy) is 8. The van der Waals surface area contributed by atoms with Crippen molar-refractivity contribution in [3.8, 4) is 5.75 Å². The highest BCUT2D eigenvalue weighted by Crippen LogP contribution is 2.42. The number of benzene rings is 1. The molecule has 3 saturated heterocycles. The minimum absolute atomic E-state index is 0.0274. The van der Waals surface area contributed by atoms with E-state index in [0.717, 1.165) is 5.75 Å². The summed E-state index contributed by atoms with van der Waals surface area (Å²) in [5.74, 6) is -4.28. The van der Waals surface area contributed by atoms with Crippen molar-refractivity contribution in [3.63, 3.8) is 0 Å². The van der Waals surface area contributed by atoms with Gasteiger partial charge >= 0.3 is 11.9 Å². The van der Waals surface area contributed by atoms with E-state index in [1.54, 1.807) is 62.3 Å². The minimum Gasteiger partial charge on any atom is -0.493 e. The summed E-state index contributed by atoms with van der Waals surface area (Å²) in [6.45, 7) is 21.2. The van der Waals surface area contributed by atoms with Gasteiger partial charge in [-0.15, -0.1) is 0 Å². The number of carbonyl (C=O) groups excluding carboxylic acids is 2. The number of likely N-dealkylation sites (N-methyl/N-ethyl adjacent to an activating group) is 1. The van der Waals surface area contributed by atoms with Crippen LogP contribution in [0.4, 0.5) is 0 Å². The van der Waals surface area contributed by atoms with Gasteiger partial charge in [-0.3, -0.25) is 9.59 Å². The second kappa shape index (κ2) is 24.2. The van der Waals surface area contributed by atoms with E-state index >= 15 is 0 Å². The summed E-state index contributed by atoms with van der Waals surface area (Å²) in [6, 6.07) is 9.05. The SMILES string of the molecule is CC[C@@H]1OC(=O)[C@H](C)[C@@H](OC2C[C@@](C)(OC)[C@@H](OC(=O)C(C)C)[C@H](C)O2)[C@H](C)[C@@H](O[C@@H]2O[C@H](C)C[C@H](N(C)C)[C@H]2O)C(C)(O)C[C@@H](C)/C(=N\OCCCOc2ccccc2)[C@@H](C)[C@@H](O)[C@]1(C)O. The highest BCUT2D eigenvalue weighted by molar-refractivity contribution is 5.88. The average Bonchev–Trinajstić information content (AvgIpc) is 3.26. The van der Waals surface area contributed by atoms with E-state index in [1.165, 1.54) is 14.0 Å². The van der Waals surface area contributed by atoms with Crippen LogP contribution in [0, 0.1) is 29.6 Å². The lowest BCUT2D eigenvalue weighted by Crippen LogP contribution is -2.61. The Kier molecular flexibility index (Phi) is 20.5. The number of oxime groups is 1. The Balaban J connectivity index is 1.81. The number of hydrogen-bond acceptors (Lipinski definition) is 17. The van der Waals surface area contributed by atoms with Crippen LogP contribution in [0.2, 0.25) is 0 Å². The molecule has 3 fully saturated rings. The Morgan fingerprint density at radius 3 is 2.18 bits per heavy atom. The molecule has 18 atom stereocenters. The van der Waals surface area contributed by atoms with Crippen LogP contribution < -0.4 is 4.74 Å². The molecule has 0 bridgehead atoms. The lowest BCUT2D eigenvalue weighted by molar-refractivity contribution is -0.319. The third kappa shape index (κ3) is 14.1. The van der Waals surface area contributed by atoms with Gasteiger partial charge in [-0.05, 0) is 87.0 Å². The Hall–Kier alpha value is -2.97. The Morgan fingerprint density at radius 2 is 1.58 bits per heavy atom. The number of methoxy groups -OCH3 is 1. The highest BCUT2D eigenvalue weighted by atomic mass is 16.7. The summed E-state index contributed by atoms with van der Waals surface area (Å²) >= 11 is 0. The van der Waals surface area contributed by atoms with Crippen molar-refractivity contribution in [3.05, 3.63) is 30.3 Å². The number of carbonyl (C=O) groups is 2. The molecule has 0 saturated carbocycles. The van der Waals surface area contributed by atoms with E-state index in [1.807, 2.05) is 63.2 Å². The fourth-order valence-electron chi connectivity index (χ4n) is 10.0. The second-order valence-electron chi connectivity index (χ2n) is 20.5. The first-order chi connectivity index (χ1) is 31.3. The maximum atomic E-state index is 14.6. The standard InChI is InChI=1S/C50H84N2O15/c1-16-37-50(12,58)42(54)31(6)39(51-61-24-20-23-60-35-21-18-17-19-22-35)29(4)26-48(10,57)43(67-47-40(53)36(52(13)14)25-30(5)62-47)32(7)41(33(8)46(56)64-37)65-38-27-49(11,59-15)44(34(9)63-38)66-45(55)28(2)3/h17-19,21-22,28-34,36-38,40-44,47,53-54,57-58H,16,20,23-27H2,1-15H3/b51-39+/t29-,30-,31-,32+,33-,34+,36+,37+,38?,40-,41+,42-,43-,44+,47+,48?,49-,50-/m1/s1. The molecule has 0 spiro atoms. The molecule has 17 heteroatoms. The lowest BCUT2D eigenvalue weighted by atomic mass is 9.73. The first-order valence-electron chi connectivity index (χ1n) is 24.2. The molecule has 0 radical (unpaired) electrons. The first kappa shape index (κ1) is 56.6. The van der Waals surface area contributed by atoms with Gasteiger partial charge in [-0.1, -0.05) is 64.9 Å². The molecule has 17 nitrogen and oxygen atoms in total. The fraction of sp³-hybridized carbons (Fsp3) is 0.820. The monoisotopic (exact) mass is 953 g/mol. The molecule has 0 aliphatic carbocycles. The van der Waals surface area contributed by atoms with Crippen molar-refractivity contribution in [2.45, 2.75) is 199 Å². The van der Waals surface area contributed by atoms with E-state index in [9.17, 15) is 30.0 Å². The number of hydrogen-bond donors (Lipinski definition) is 4. The van der Waals surface area contributed by atoms with Crippen LogP contribution in [0.1, 0.15) is 115 Å². The number of para-hydroxylation sites is 1. The first-order valence-corrected chi connectivity index (χ1v) is 24.2. The fourth-order valence-corrected chi connectivity index (χ4v) is 10.0. The van der Waals surface area contributed by atoms with Gasteiger partial charge < -0.3 is 68.1 Å². The van der Waals surface area contributed by atoms with Crippen LogP contribution in [0.3, 0.4) is 0 Å². The van der Waals surface area contributed by atoms with Crippen molar-refractivity contribution in [2.75, 3.05) is 34.4 Å². The van der Waals surface area contributed by atoms with E-state index in [2.05, 4.69) is 5.16 Å². The largest absolute Gasteiger partial charge is 0.493 e. The molecular formula is C50H84N2O15. The summed E-state index contributed by atoms with van der Waals surface area (Å²) in [6.07, 6.45) is -9.03. The van der Waals surface area contributed by atoms with Crippen LogP contribution >= 0.6 is 0 Å². The van der Waals surface area contributed by atoms with Crippen molar-refractivity contribution in [1.82, 2.24) is 4.90 Å². The van der Waals surface area contributed by atoms with Gasteiger partial charge in [-0.25, -0.2) is 0 Å². The van der Waals surface area contributed by atoms with Gasteiger partial charge in [0.1, 0.15) is 35.8 Å². The third-order valence-electron chi connectivity index (χ3n) is 14.1. The molecule has 0 aromatic heterocycles. The molecule has 1 aromatic rings. The van der Waals surface area contributed by atoms with Gasteiger partial charge in [0.25, 0.3) is 0 Å². The molecule has 3 aliphatic heterocycles. The van der Waals surface area contributed by atoms with Gasteiger partial charge in [0.05, 0.1) is 60.3 Å². The maximum Gasteiger partial charge on any atom is 0.311 e. The highest BCUT2D eigenvalue weighted by Gasteiger charge is 2.54. The summed E-state index contributed by atoms with van der Waals surface area (Å²) in [7, 11) is 5.25. The Labute approximate surface area is 399 Å². The van der Waals surface area contributed by atoms with Crippen molar-refractivity contribution < 1.29 is 72.7 Å². The minimum atomic E-state index is -1.98. The Bertz CT molecular complexity index is 1730. The molecule has 2 unspecified atom stereocenters. The molecule has 4 N–H and O–H groups in total. The topological polar surface area (TPSA) is 214 Å². The number of rotatable bonds is 15. The predicted octanol–water partition coefficient (Wildman–Crippen LogP) is 5.27. The van der Waals surface area contributed by atoms with E-state index in [4.69, 9.17) is 42.7 Å². The number of nitrogens with zero attached hydrogens (tertiary/aromatic N) is 2. The average molecular weight is 953 g/mol. The third-order valence-corrected chi connectivity index (χ3v) is 14.1. The van der Waals surface area contributed by atoms with Gasteiger partial charge in [-0.2, -0.15) is 0 Å². The smallest absolute Gasteiger partial charge is 0.311 e. The summed E-state index contributed by atoms with van der Waals surface area (Å²) < 4.78 is 50.3. The van der Waals surface area contributed by atoms with Crippen LogP contribution in [0.25, 0.3) is 0 Å². The van der Waals surface area contributed by atoms with E-state index in [0.29, 0.717) is 25.2 Å². The van der Waals surface area contributed by atoms with Crippen LogP contribution in [0.5, 0.6) is 5.75 Å². The zero-order chi connectivity index (χ0) is 50.2. The van der Waals surface area contributed by atoms with Crippen LogP contribution in [-0.4, -0.2) is 162 Å². The lowest BCUT2D eigenvalue weighted by Gasteiger charge is -2.49. The molecular weight excluding hydrogens is 869 g/mol. The number of aliphatic hydroxyl groups excluding tert-OH is 2. The van der Waals surface area contributed by atoms with E-state index < -0.39 is 114 Å². The summed E-state index contributed by atoms with van der Waals surface area (Å²) in [5.41, 5.74) is -4.50. The molecule has 3 heterocycles. The van der Waals surface area contributed by atoms with Crippen molar-refractivity contribution in [2.24, 2.45) is 34.7 Å². The van der Waals surface area contributed by atoms with Gasteiger partial charge in [0.2, 0.25) is 0 Å². The zero-order valence-electron chi connectivity index (χ0n) is 42.7.